The number of carbonyl (C=O) groups excluding carboxylic acids is 2. The van der Waals surface area contributed by atoms with Crippen molar-refractivity contribution in [2.75, 3.05) is 41.7 Å². The van der Waals surface area contributed by atoms with E-state index in [2.05, 4.69) is 5.32 Å². The number of hydrogen-bond donors (Lipinski definition) is 1. The average Bonchev–Trinajstić information content (AvgIpc) is 3.32. The molecule has 0 saturated heterocycles. The van der Waals surface area contributed by atoms with Crippen LogP contribution in [0.2, 0.25) is 0 Å². The number of carbonyl (C=O) groups is 2. The van der Waals surface area contributed by atoms with Gasteiger partial charge in [-0.25, -0.2) is 0 Å². The van der Waals surface area contributed by atoms with Crippen LogP contribution in [0.5, 0.6) is 28.7 Å². The average molecular weight is 454 g/mol. The van der Waals surface area contributed by atoms with Gasteiger partial charge in [-0.1, -0.05) is 6.07 Å². The molecule has 4 rings (SSSR count). The highest BCUT2D eigenvalue weighted by Crippen LogP contribution is 2.49. The predicted octanol–water partition coefficient (Wildman–Crippen LogP) is 2.40. The van der Waals surface area contributed by atoms with Gasteiger partial charge in [-0.2, -0.15) is 0 Å². The van der Waals surface area contributed by atoms with E-state index in [0.29, 0.717) is 47.3 Å². The van der Waals surface area contributed by atoms with Gasteiger partial charge in [-0.05, 0) is 35.8 Å². The summed E-state index contributed by atoms with van der Waals surface area (Å²) in [6.07, 6.45) is 3.74. The zero-order valence-corrected chi connectivity index (χ0v) is 19.0. The molecule has 1 N–H and O–H groups in total. The molecule has 2 heterocycles. The van der Waals surface area contributed by atoms with E-state index >= 15 is 0 Å². The predicted molar refractivity (Wildman–Crippen MR) is 120 cm³/mol. The number of benzene rings is 2. The SMILES string of the molecule is COc1ccc(C=CC(=O)NCc2c3c(c(OC)c4c2OCO4)C(=O)N(C)CC3)cc1OC. The second-order valence-corrected chi connectivity index (χ2v) is 7.57. The Morgan fingerprint density at radius 2 is 1.88 bits per heavy atom. The highest BCUT2D eigenvalue weighted by molar-refractivity contribution is 6.01. The van der Waals surface area contributed by atoms with Crippen LogP contribution in [0.4, 0.5) is 0 Å². The summed E-state index contributed by atoms with van der Waals surface area (Å²) in [5, 5.41) is 2.88. The molecule has 0 spiro atoms. The van der Waals surface area contributed by atoms with E-state index in [4.69, 9.17) is 23.7 Å². The molecule has 2 aromatic carbocycles. The summed E-state index contributed by atoms with van der Waals surface area (Å²) in [5.41, 5.74) is 2.78. The molecule has 0 saturated carbocycles. The first-order chi connectivity index (χ1) is 16.0. The first-order valence-corrected chi connectivity index (χ1v) is 10.4. The van der Waals surface area contributed by atoms with Crippen LogP contribution in [0.1, 0.15) is 27.0 Å². The van der Waals surface area contributed by atoms with Crippen molar-refractivity contribution in [2.45, 2.75) is 13.0 Å². The molecule has 9 heteroatoms. The Hall–Kier alpha value is -3.88. The Balaban J connectivity index is 1.57. The van der Waals surface area contributed by atoms with Gasteiger partial charge in [-0.3, -0.25) is 9.59 Å². The topological polar surface area (TPSA) is 95.6 Å². The fourth-order valence-corrected chi connectivity index (χ4v) is 4.03. The maximum absolute atomic E-state index is 12.9. The molecule has 2 aromatic rings. The number of nitrogens with one attached hydrogen (secondary N) is 1. The molecular formula is C24H26N2O7. The van der Waals surface area contributed by atoms with Crippen molar-refractivity contribution in [1.82, 2.24) is 10.2 Å². The minimum Gasteiger partial charge on any atom is -0.493 e. The molecule has 0 aromatic heterocycles. The molecule has 2 aliphatic heterocycles. The van der Waals surface area contributed by atoms with Gasteiger partial charge in [0.15, 0.2) is 23.0 Å². The third kappa shape index (κ3) is 4.13. The molecule has 2 amide bonds. The molecule has 0 radical (unpaired) electrons. The third-order valence-corrected chi connectivity index (χ3v) is 5.72. The minimum atomic E-state index is -0.290. The number of methoxy groups -OCH3 is 3. The van der Waals surface area contributed by atoms with Crippen LogP contribution in [-0.2, 0) is 17.8 Å². The van der Waals surface area contributed by atoms with E-state index in [-0.39, 0.29) is 25.2 Å². The fraction of sp³-hybridized carbons (Fsp3) is 0.333. The van der Waals surface area contributed by atoms with E-state index in [9.17, 15) is 9.59 Å². The largest absolute Gasteiger partial charge is 0.493 e. The third-order valence-electron chi connectivity index (χ3n) is 5.72. The Morgan fingerprint density at radius 3 is 2.61 bits per heavy atom. The lowest BCUT2D eigenvalue weighted by Gasteiger charge is -2.28. The van der Waals surface area contributed by atoms with Gasteiger partial charge in [-0.15, -0.1) is 0 Å². The number of likely N-dealkylation sites (N-methyl/N-ethyl adjacent to an activating group) is 1. The Kier molecular flexibility index (Phi) is 6.30. The molecule has 174 valence electrons. The van der Waals surface area contributed by atoms with E-state index in [1.54, 1.807) is 44.4 Å². The number of amides is 2. The van der Waals surface area contributed by atoms with Crippen LogP contribution in [-0.4, -0.2) is 58.4 Å². The number of ether oxygens (including phenoxy) is 5. The molecule has 2 aliphatic rings. The molecular weight excluding hydrogens is 428 g/mol. The second-order valence-electron chi connectivity index (χ2n) is 7.57. The Bertz CT molecular complexity index is 1130. The van der Waals surface area contributed by atoms with Crippen molar-refractivity contribution in [3.63, 3.8) is 0 Å². The first kappa shape index (κ1) is 22.3. The highest BCUT2D eigenvalue weighted by Gasteiger charge is 2.36. The molecule has 33 heavy (non-hydrogen) atoms. The standard InChI is InChI=1S/C24H26N2O7/c1-26-10-9-15-16(21-23(33-13-32-21)22(31-4)20(15)24(26)28)12-25-19(27)8-6-14-5-7-17(29-2)18(11-14)30-3/h5-8,11H,9-10,12-13H2,1-4H3,(H,25,27). The van der Waals surface area contributed by atoms with Gasteiger partial charge in [0.05, 0.1) is 26.9 Å². The molecule has 0 atom stereocenters. The molecule has 0 aliphatic carbocycles. The lowest BCUT2D eigenvalue weighted by atomic mass is 9.91. The summed E-state index contributed by atoms with van der Waals surface area (Å²) in [6.45, 7) is 0.775. The highest BCUT2D eigenvalue weighted by atomic mass is 16.7. The van der Waals surface area contributed by atoms with Crippen molar-refractivity contribution >= 4 is 17.9 Å². The van der Waals surface area contributed by atoms with Crippen LogP contribution in [0.15, 0.2) is 24.3 Å². The van der Waals surface area contributed by atoms with Crippen LogP contribution in [0.25, 0.3) is 6.08 Å². The Morgan fingerprint density at radius 1 is 1.12 bits per heavy atom. The van der Waals surface area contributed by atoms with Gasteiger partial charge in [0.2, 0.25) is 18.4 Å². The number of rotatable bonds is 7. The van der Waals surface area contributed by atoms with E-state index in [0.717, 1.165) is 16.7 Å². The van der Waals surface area contributed by atoms with Crippen molar-refractivity contribution in [2.24, 2.45) is 0 Å². The monoisotopic (exact) mass is 454 g/mol. The number of fused-ring (bicyclic) bond motifs is 2. The zero-order valence-electron chi connectivity index (χ0n) is 19.0. The molecule has 9 nitrogen and oxygen atoms in total. The van der Waals surface area contributed by atoms with Gasteiger partial charge in [0.25, 0.3) is 5.91 Å². The lowest BCUT2D eigenvalue weighted by molar-refractivity contribution is -0.116. The van der Waals surface area contributed by atoms with Gasteiger partial charge in [0.1, 0.15) is 0 Å². The second kappa shape index (κ2) is 9.32. The van der Waals surface area contributed by atoms with E-state index in [1.807, 2.05) is 6.07 Å². The zero-order chi connectivity index (χ0) is 23.5. The Labute approximate surface area is 191 Å². The van der Waals surface area contributed by atoms with Crippen molar-refractivity contribution < 1.29 is 33.3 Å². The molecule has 0 unspecified atom stereocenters. The molecule has 0 bridgehead atoms. The fourth-order valence-electron chi connectivity index (χ4n) is 4.03. The van der Waals surface area contributed by atoms with Crippen molar-refractivity contribution in [3.05, 3.63) is 46.5 Å². The van der Waals surface area contributed by atoms with Crippen LogP contribution in [0, 0.1) is 0 Å². The van der Waals surface area contributed by atoms with Crippen molar-refractivity contribution in [1.29, 1.82) is 0 Å². The van der Waals surface area contributed by atoms with Gasteiger partial charge < -0.3 is 33.9 Å². The normalized spacial score (nSPS) is 14.3. The van der Waals surface area contributed by atoms with E-state index in [1.165, 1.54) is 13.2 Å². The van der Waals surface area contributed by atoms with Gasteiger partial charge >= 0.3 is 0 Å². The summed E-state index contributed by atoms with van der Waals surface area (Å²) < 4.78 is 27.3. The first-order valence-electron chi connectivity index (χ1n) is 10.4. The maximum atomic E-state index is 12.9. The molecule has 0 fully saturated rings. The van der Waals surface area contributed by atoms with E-state index < -0.39 is 0 Å². The summed E-state index contributed by atoms with van der Waals surface area (Å²) in [4.78, 5) is 27.1. The minimum absolute atomic E-state index is 0.0266. The van der Waals surface area contributed by atoms with Crippen LogP contribution in [0.3, 0.4) is 0 Å². The summed E-state index contributed by atoms with van der Waals surface area (Å²) >= 11 is 0. The summed E-state index contributed by atoms with van der Waals surface area (Å²) in [5.74, 6) is 2.02. The smallest absolute Gasteiger partial charge is 0.257 e. The quantitative estimate of drug-likeness (QED) is 0.642. The summed E-state index contributed by atoms with van der Waals surface area (Å²) in [6, 6.07) is 5.38. The van der Waals surface area contributed by atoms with Crippen LogP contribution < -0.4 is 29.0 Å². The number of nitrogens with zero attached hydrogens (tertiary/aromatic N) is 1. The number of hydrogen-bond acceptors (Lipinski definition) is 7. The van der Waals surface area contributed by atoms with Gasteiger partial charge in [0, 0.05) is 31.8 Å². The maximum Gasteiger partial charge on any atom is 0.257 e. The summed E-state index contributed by atoms with van der Waals surface area (Å²) in [7, 11) is 6.37. The van der Waals surface area contributed by atoms with Crippen LogP contribution >= 0.6 is 0 Å². The van der Waals surface area contributed by atoms with Crippen molar-refractivity contribution in [3.8, 4) is 28.7 Å². The lowest BCUT2D eigenvalue weighted by Crippen LogP contribution is -2.35.